The molecule has 0 aromatic carbocycles. The smallest absolute Gasteiger partial charge is 0.267 e. The van der Waals surface area contributed by atoms with Crippen LogP contribution in [0.1, 0.15) is 31.1 Å². The molecule has 0 radical (unpaired) electrons. The Kier molecular flexibility index (Phi) is 3.14. The van der Waals surface area contributed by atoms with Crippen molar-refractivity contribution in [3.05, 3.63) is 46.3 Å². The van der Waals surface area contributed by atoms with E-state index >= 15 is 0 Å². The molecule has 3 aromatic rings. The zero-order chi connectivity index (χ0) is 16.0. The van der Waals surface area contributed by atoms with Crippen LogP contribution in [-0.2, 0) is 13.0 Å². The molecule has 0 saturated heterocycles. The lowest BCUT2D eigenvalue weighted by molar-refractivity contribution is 0.484. The Morgan fingerprint density at radius 3 is 3.00 bits per heavy atom. The van der Waals surface area contributed by atoms with Crippen LogP contribution in [0.5, 0.6) is 0 Å². The second kappa shape index (κ2) is 5.19. The van der Waals surface area contributed by atoms with Crippen LogP contribution in [0.15, 0.2) is 29.5 Å². The van der Waals surface area contributed by atoms with E-state index in [2.05, 4.69) is 25.0 Å². The fourth-order valence-electron chi connectivity index (χ4n) is 3.08. The quantitative estimate of drug-likeness (QED) is 0.778. The summed E-state index contributed by atoms with van der Waals surface area (Å²) in [6.45, 7) is 5.42. The van der Waals surface area contributed by atoms with Crippen LogP contribution in [0.3, 0.4) is 0 Å². The number of aromatic nitrogens is 5. The molecule has 7 heteroatoms. The van der Waals surface area contributed by atoms with Crippen molar-refractivity contribution in [2.45, 2.75) is 32.9 Å². The lowest BCUT2D eigenvalue weighted by Gasteiger charge is -2.29. The first kappa shape index (κ1) is 13.9. The topological polar surface area (TPSA) is 79.7 Å². The Balaban J connectivity index is 1.73. The Bertz CT molecular complexity index is 926. The van der Waals surface area contributed by atoms with Gasteiger partial charge in [-0.3, -0.25) is 4.79 Å². The van der Waals surface area contributed by atoms with E-state index in [0.717, 1.165) is 41.1 Å². The van der Waals surface area contributed by atoms with Crippen LogP contribution in [0, 0.1) is 0 Å². The maximum Gasteiger partial charge on any atom is 0.267 e. The molecule has 0 fully saturated rings. The number of aromatic amines is 1. The summed E-state index contributed by atoms with van der Waals surface area (Å²) in [4.78, 5) is 26.1. The van der Waals surface area contributed by atoms with E-state index in [1.807, 2.05) is 26.1 Å². The van der Waals surface area contributed by atoms with Crippen molar-refractivity contribution in [3.8, 4) is 0 Å². The number of nitrogens with one attached hydrogen (secondary N) is 1. The molecule has 0 amide bonds. The summed E-state index contributed by atoms with van der Waals surface area (Å²) in [5, 5.41) is 5.53. The van der Waals surface area contributed by atoms with Crippen LogP contribution in [0.2, 0.25) is 0 Å². The standard InChI is InChI=1S/C16H18N6O/c1-10(2)22-14(23)7-11-8-21(6-4-13(11)20-22)16-12-3-5-17-15(12)18-9-19-16/h3,5,7,9-10H,4,6,8H2,1-2H3,(H,17,18,19). The number of hydrogen-bond acceptors (Lipinski definition) is 5. The highest BCUT2D eigenvalue weighted by Gasteiger charge is 2.22. The Morgan fingerprint density at radius 2 is 2.17 bits per heavy atom. The van der Waals surface area contributed by atoms with Gasteiger partial charge in [-0.15, -0.1) is 0 Å². The summed E-state index contributed by atoms with van der Waals surface area (Å²) < 4.78 is 1.56. The second-order valence-electron chi connectivity index (χ2n) is 6.10. The van der Waals surface area contributed by atoms with Gasteiger partial charge >= 0.3 is 0 Å². The largest absolute Gasteiger partial charge is 0.351 e. The molecule has 23 heavy (non-hydrogen) atoms. The maximum atomic E-state index is 12.2. The molecule has 0 saturated carbocycles. The summed E-state index contributed by atoms with van der Waals surface area (Å²) in [7, 11) is 0. The van der Waals surface area contributed by atoms with Crippen molar-refractivity contribution >= 4 is 16.9 Å². The number of hydrogen-bond donors (Lipinski definition) is 1. The van der Waals surface area contributed by atoms with Crippen molar-refractivity contribution in [2.24, 2.45) is 0 Å². The molecule has 1 N–H and O–H groups in total. The van der Waals surface area contributed by atoms with E-state index in [1.54, 1.807) is 17.1 Å². The lowest BCUT2D eigenvalue weighted by Crippen LogP contribution is -2.35. The Labute approximate surface area is 133 Å². The van der Waals surface area contributed by atoms with Crippen molar-refractivity contribution in [3.63, 3.8) is 0 Å². The minimum Gasteiger partial charge on any atom is -0.351 e. The predicted octanol–water partition coefficient (Wildman–Crippen LogP) is 1.66. The fraction of sp³-hybridized carbons (Fsp3) is 0.375. The van der Waals surface area contributed by atoms with Gasteiger partial charge in [0.15, 0.2) is 0 Å². The molecule has 4 rings (SSSR count). The van der Waals surface area contributed by atoms with Gasteiger partial charge in [0.2, 0.25) is 0 Å². The number of H-pyrrole nitrogens is 1. The molecule has 118 valence electrons. The molecule has 1 aliphatic rings. The molecule has 0 spiro atoms. The molecule has 7 nitrogen and oxygen atoms in total. The maximum absolute atomic E-state index is 12.2. The van der Waals surface area contributed by atoms with Crippen LogP contribution >= 0.6 is 0 Å². The van der Waals surface area contributed by atoms with E-state index in [9.17, 15) is 4.79 Å². The SMILES string of the molecule is CC(C)n1nc2c(cc1=O)CN(c1ncnc3[nH]ccc13)CC2. The lowest BCUT2D eigenvalue weighted by atomic mass is 10.1. The molecule has 0 aliphatic carbocycles. The fourth-order valence-corrected chi connectivity index (χ4v) is 3.08. The van der Waals surface area contributed by atoms with Gasteiger partial charge in [-0.1, -0.05) is 0 Å². The van der Waals surface area contributed by atoms with Gasteiger partial charge < -0.3 is 9.88 Å². The Morgan fingerprint density at radius 1 is 1.30 bits per heavy atom. The van der Waals surface area contributed by atoms with E-state index < -0.39 is 0 Å². The third-order valence-electron chi connectivity index (χ3n) is 4.22. The zero-order valence-corrected chi connectivity index (χ0v) is 13.2. The number of rotatable bonds is 2. The van der Waals surface area contributed by atoms with Crippen LogP contribution in [0.25, 0.3) is 11.0 Å². The summed E-state index contributed by atoms with van der Waals surface area (Å²) in [6.07, 6.45) is 4.24. The first-order chi connectivity index (χ1) is 11.1. The monoisotopic (exact) mass is 310 g/mol. The van der Waals surface area contributed by atoms with Crippen LogP contribution < -0.4 is 10.5 Å². The number of nitrogens with zero attached hydrogens (tertiary/aromatic N) is 5. The minimum absolute atomic E-state index is 0.0462. The minimum atomic E-state index is -0.0462. The van der Waals surface area contributed by atoms with E-state index in [4.69, 9.17) is 0 Å². The molecule has 1 aliphatic heterocycles. The highest BCUT2D eigenvalue weighted by atomic mass is 16.1. The van der Waals surface area contributed by atoms with Gasteiger partial charge in [0.1, 0.15) is 17.8 Å². The predicted molar refractivity (Wildman–Crippen MR) is 87.5 cm³/mol. The zero-order valence-electron chi connectivity index (χ0n) is 13.2. The second-order valence-corrected chi connectivity index (χ2v) is 6.10. The molecule has 0 unspecified atom stereocenters. The van der Waals surface area contributed by atoms with Gasteiger partial charge in [0.05, 0.1) is 17.1 Å². The molecule has 0 atom stereocenters. The van der Waals surface area contributed by atoms with E-state index in [1.165, 1.54) is 0 Å². The molecule has 4 heterocycles. The molecule has 3 aromatic heterocycles. The van der Waals surface area contributed by atoms with Crippen LogP contribution in [0.4, 0.5) is 5.82 Å². The van der Waals surface area contributed by atoms with Crippen molar-refractivity contribution in [1.82, 2.24) is 24.7 Å². The first-order valence-electron chi connectivity index (χ1n) is 7.78. The molecular weight excluding hydrogens is 292 g/mol. The van der Waals surface area contributed by atoms with Gasteiger partial charge in [-0.25, -0.2) is 14.6 Å². The highest BCUT2D eigenvalue weighted by molar-refractivity contribution is 5.87. The average Bonchev–Trinajstić information content (AvgIpc) is 3.02. The van der Waals surface area contributed by atoms with Gasteiger partial charge in [0.25, 0.3) is 5.56 Å². The van der Waals surface area contributed by atoms with E-state index in [-0.39, 0.29) is 11.6 Å². The van der Waals surface area contributed by atoms with Crippen molar-refractivity contribution in [2.75, 3.05) is 11.4 Å². The van der Waals surface area contributed by atoms with Gasteiger partial charge in [-0.05, 0) is 19.9 Å². The molecule has 0 bridgehead atoms. The van der Waals surface area contributed by atoms with Gasteiger partial charge in [0, 0.05) is 37.3 Å². The average molecular weight is 310 g/mol. The van der Waals surface area contributed by atoms with Crippen molar-refractivity contribution < 1.29 is 0 Å². The number of fused-ring (bicyclic) bond motifs is 2. The van der Waals surface area contributed by atoms with Crippen molar-refractivity contribution in [1.29, 1.82) is 0 Å². The number of anilines is 1. The third-order valence-corrected chi connectivity index (χ3v) is 4.22. The summed E-state index contributed by atoms with van der Waals surface area (Å²) in [5.41, 5.74) is 2.78. The normalized spacial score (nSPS) is 14.5. The van der Waals surface area contributed by atoms with Crippen LogP contribution in [-0.4, -0.2) is 31.3 Å². The Hall–Kier alpha value is -2.70. The first-order valence-corrected chi connectivity index (χ1v) is 7.78. The summed E-state index contributed by atoms with van der Waals surface area (Å²) >= 11 is 0. The van der Waals surface area contributed by atoms with E-state index in [0.29, 0.717) is 6.54 Å². The summed E-state index contributed by atoms with van der Waals surface area (Å²) in [6, 6.07) is 3.77. The summed E-state index contributed by atoms with van der Waals surface area (Å²) in [5.74, 6) is 0.898. The van der Waals surface area contributed by atoms with Gasteiger partial charge in [-0.2, -0.15) is 5.10 Å². The molecular formula is C16H18N6O. The third kappa shape index (κ3) is 2.28. The highest BCUT2D eigenvalue weighted by Crippen LogP contribution is 2.26.